The number of morpholine rings is 1. The minimum Gasteiger partial charge on any atom is -0.460 e. The van der Waals surface area contributed by atoms with E-state index in [0.717, 1.165) is 29.8 Å². The second kappa shape index (κ2) is 14.2. The fourth-order valence-corrected chi connectivity index (χ4v) is 9.77. The van der Waals surface area contributed by atoms with Crippen molar-refractivity contribution in [2.45, 2.75) is 57.5 Å². The average molecular weight is 748 g/mol. The first-order chi connectivity index (χ1) is 26.5. The summed E-state index contributed by atoms with van der Waals surface area (Å²) in [6.07, 6.45) is 3.08. The predicted octanol–water partition coefficient (Wildman–Crippen LogP) is 6.19. The third-order valence-electron chi connectivity index (χ3n) is 12.6. The van der Waals surface area contributed by atoms with Crippen LogP contribution >= 0.6 is 0 Å². The summed E-state index contributed by atoms with van der Waals surface area (Å²) in [5, 5.41) is 20.4. The molecule has 3 aliphatic carbocycles. The number of anilines is 1. The Kier molecular flexibility index (Phi) is 9.51. The highest BCUT2D eigenvalue weighted by molar-refractivity contribution is 6.14. The number of cyclic esters (lactones) is 1. The van der Waals surface area contributed by atoms with Crippen molar-refractivity contribution in [2.24, 2.45) is 17.3 Å². The number of hydrogen-bond donors (Lipinski definition) is 2. The van der Waals surface area contributed by atoms with Crippen LogP contribution in [0, 0.1) is 17.3 Å². The van der Waals surface area contributed by atoms with E-state index in [0.29, 0.717) is 72.5 Å². The molecule has 0 radical (unpaired) electrons. The zero-order valence-corrected chi connectivity index (χ0v) is 31.1. The van der Waals surface area contributed by atoms with Crippen LogP contribution in [-0.2, 0) is 19.7 Å². The zero-order valence-electron chi connectivity index (χ0n) is 31.1. The number of ether oxygens (including phenoxy) is 2. The number of rotatable bonds is 6. The number of esters is 1. The lowest BCUT2D eigenvalue weighted by Gasteiger charge is -2.55. The Balaban J connectivity index is 0.000000164. The second-order valence-corrected chi connectivity index (χ2v) is 15.6. The predicted molar refractivity (Wildman–Crippen MR) is 204 cm³/mol. The van der Waals surface area contributed by atoms with E-state index in [4.69, 9.17) is 18.3 Å². The van der Waals surface area contributed by atoms with Crippen molar-refractivity contribution in [1.29, 1.82) is 0 Å². The van der Waals surface area contributed by atoms with E-state index in [2.05, 4.69) is 11.5 Å². The van der Waals surface area contributed by atoms with Gasteiger partial charge in [0.25, 0.3) is 0 Å². The molecule has 2 aromatic carbocycles. The van der Waals surface area contributed by atoms with Crippen LogP contribution in [-0.4, -0.2) is 73.4 Å². The summed E-state index contributed by atoms with van der Waals surface area (Å²) in [5.74, 6) is -0.708. The molecule has 11 heteroatoms. The van der Waals surface area contributed by atoms with Gasteiger partial charge in [0, 0.05) is 72.6 Å². The van der Waals surface area contributed by atoms with Crippen molar-refractivity contribution in [2.75, 3.05) is 44.4 Å². The second-order valence-electron chi connectivity index (χ2n) is 15.6. The number of carbonyl (C=O) groups excluding carboxylic acids is 3. The lowest BCUT2D eigenvalue weighted by Crippen LogP contribution is -2.56. The number of nitrogens with zero attached hydrogens (tertiary/aromatic N) is 1. The molecule has 5 aliphatic rings. The Labute approximate surface area is 318 Å². The van der Waals surface area contributed by atoms with Gasteiger partial charge in [-0.1, -0.05) is 56.0 Å². The number of aliphatic hydroxyl groups is 2. The summed E-state index contributed by atoms with van der Waals surface area (Å²) >= 11 is 0. The Bertz CT molecular complexity index is 2300. The number of benzene rings is 2. The summed E-state index contributed by atoms with van der Waals surface area (Å²) in [6, 6.07) is 17.3. The van der Waals surface area contributed by atoms with E-state index < -0.39 is 28.8 Å². The molecule has 0 spiro atoms. The fourth-order valence-electron chi connectivity index (χ4n) is 9.77. The van der Waals surface area contributed by atoms with Crippen molar-refractivity contribution in [3.63, 3.8) is 0 Å². The van der Waals surface area contributed by atoms with Crippen LogP contribution in [0.25, 0.3) is 22.1 Å². The van der Waals surface area contributed by atoms with Crippen LogP contribution in [0.15, 0.2) is 97.8 Å². The highest BCUT2D eigenvalue weighted by Gasteiger charge is 2.62. The Hall–Kier alpha value is -5.10. The first kappa shape index (κ1) is 36.9. The van der Waals surface area contributed by atoms with Gasteiger partial charge < -0.3 is 33.4 Å². The van der Waals surface area contributed by atoms with E-state index >= 15 is 0 Å². The summed E-state index contributed by atoms with van der Waals surface area (Å²) in [6.45, 7) is 10.2. The monoisotopic (exact) mass is 747 g/mol. The lowest BCUT2D eigenvalue weighted by atomic mass is 9.48. The number of ketones is 2. The molecule has 4 aromatic rings. The molecular formula is C44H45NO10. The van der Waals surface area contributed by atoms with Crippen LogP contribution in [0.1, 0.15) is 72.4 Å². The number of aliphatic hydroxyl groups excluding tert-OH is 2. The van der Waals surface area contributed by atoms with Gasteiger partial charge in [0.1, 0.15) is 29.3 Å². The third-order valence-corrected chi connectivity index (χ3v) is 12.6. The molecule has 1 saturated carbocycles. The number of hydrogen-bond acceptors (Lipinski definition) is 11. The molecule has 4 heterocycles. The normalized spacial score (nSPS) is 27.1. The molecule has 1 saturated heterocycles. The van der Waals surface area contributed by atoms with Crippen molar-refractivity contribution in [1.82, 2.24) is 0 Å². The van der Waals surface area contributed by atoms with Crippen molar-refractivity contribution < 1.29 is 42.9 Å². The van der Waals surface area contributed by atoms with E-state index in [9.17, 15) is 29.4 Å². The number of allylic oxidation sites excluding steroid dienone is 1. The molecule has 286 valence electrons. The molecule has 11 nitrogen and oxygen atoms in total. The Morgan fingerprint density at radius 3 is 2.47 bits per heavy atom. The summed E-state index contributed by atoms with van der Waals surface area (Å²) in [5.41, 5.74) is 3.50. The molecule has 0 amide bonds. The zero-order chi connectivity index (χ0) is 38.6. The largest absolute Gasteiger partial charge is 0.460 e. The fraction of sp³-hybridized carbons (Fsp3) is 0.409. The molecule has 2 aliphatic heterocycles. The minimum atomic E-state index is -0.928. The molecule has 2 fully saturated rings. The standard InChI is InChI=1S/C25H28O7.C19H17NO3/c1-12(10-27)13-9-24(2)15(5-4-6-16(24)28)18-19(13)25(3)17(7-8-26)32-23(30)14-11-31-22(20(14)25)21(18)29;21-17-13-18(20-9-11-22-12-10-20)23-19-15(7-4-8-16(17)19)14-5-2-1-3-6-14/h11,13,15,17,26-27H,1,4-10H2,2-3H3;1-8,13H,9-12H2/t13-,15?,17+,24-,25+;/m0./s1. The maximum atomic E-state index is 13.9. The van der Waals surface area contributed by atoms with Gasteiger partial charge in [-0.3, -0.25) is 14.4 Å². The Morgan fingerprint density at radius 2 is 1.75 bits per heavy atom. The van der Waals surface area contributed by atoms with Gasteiger partial charge in [-0.15, -0.1) is 0 Å². The van der Waals surface area contributed by atoms with E-state index in [1.54, 1.807) is 6.07 Å². The highest BCUT2D eigenvalue weighted by Crippen LogP contribution is 2.62. The molecule has 9 rings (SSSR count). The van der Waals surface area contributed by atoms with Crippen LogP contribution in [0.2, 0.25) is 0 Å². The Morgan fingerprint density at radius 1 is 0.982 bits per heavy atom. The smallest absolute Gasteiger partial charge is 0.342 e. The number of fused-ring (bicyclic) bond motifs is 4. The summed E-state index contributed by atoms with van der Waals surface area (Å²) in [4.78, 5) is 54.3. The van der Waals surface area contributed by atoms with Gasteiger partial charge in [0.2, 0.25) is 5.78 Å². The molecule has 0 bridgehead atoms. The molecular weight excluding hydrogens is 702 g/mol. The van der Waals surface area contributed by atoms with Crippen molar-refractivity contribution in [3.05, 3.63) is 111 Å². The minimum absolute atomic E-state index is 0.00878. The average Bonchev–Trinajstić information content (AvgIpc) is 3.67. The first-order valence-corrected chi connectivity index (χ1v) is 19.0. The van der Waals surface area contributed by atoms with Gasteiger partial charge in [0.05, 0.1) is 30.6 Å². The highest BCUT2D eigenvalue weighted by atomic mass is 16.5. The van der Waals surface area contributed by atoms with Crippen molar-refractivity contribution >= 4 is 34.4 Å². The number of furan rings is 1. The molecule has 5 atom stereocenters. The topological polar surface area (TPSA) is 157 Å². The maximum absolute atomic E-state index is 13.9. The summed E-state index contributed by atoms with van der Waals surface area (Å²) in [7, 11) is 0. The summed E-state index contributed by atoms with van der Waals surface area (Å²) < 4.78 is 22.9. The van der Waals surface area contributed by atoms with E-state index in [1.807, 2.05) is 62.4 Å². The van der Waals surface area contributed by atoms with Gasteiger partial charge in [-0.25, -0.2) is 4.79 Å². The molecule has 2 N–H and O–H groups in total. The van der Waals surface area contributed by atoms with Crippen LogP contribution in [0.3, 0.4) is 0 Å². The first-order valence-electron chi connectivity index (χ1n) is 19.0. The molecule has 55 heavy (non-hydrogen) atoms. The molecule has 1 unspecified atom stereocenters. The third kappa shape index (κ3) is 5.82. The van der Waals surface area contributed by atoms with Gasteiger partial charge in [0.15, 0.2) is 17.1 Å². The number of para-hydroxylation sites is 1. The lowest BCUT2D eigenvalue weighted by molar-refractivity contribution is -0.134. The van der Waals surface area contributed by atoms with Crippen LogP contribution in [0.5, 0.6) is 0 Å². The maximum Gasteiger partial charge on any atom is 0.342 e. The van der Waals surface area contributed by atoms with Gasteiger partial charge in [-0.05, 0) is 49.0 Å². The van der Waals surface area contributed by atoms with Gasteiger partial charge >= 0.3 is 5.97 Å². The van der Waals surface area contributed by atoms with E-state index in [-0.39, 0.29) is 53.9 Å². The number of carbonyl (C=O) groups is 3. The van der Waals surface area contributed by atoms with Crippen molar-refractivity contribution in [3.8, 4) is 11.1 Å². The van der Waals surface area contributed by atoms with Crippen LogP contribution < -0.4 is 10.3 Å². The van der Waals surface area contributed by atoms with E-state index in [1.165, 1.54) is 6.26 Å². The molecule has 2 aromatic heterocycles. The van der Waals surface area contributed by atoms with Crippen LogP contribution in [0.4, 0.5) is 5.88 Å². The van der Waals surface area contributed by atoms with Gasteiger partial charge in [-0.2, -0.15) is 0 Å². The SMILES string of the molecule is C=C(CO)[C@@H]1C[C@]2(C)C(=O)CCCC2C2=C1[C@]1(C)c3c(coc3C2=O)C(=O)O[C@@H]1CCO.O=c1cc(N2CCOCC2)oc2c(-c3ccccc3)cccc12. The quantitative estimate of drug-likeness (QED) is 0.171. The number of Topliss-reactive ketones (excluding diaryl/α,β-unsaturated/α-hetero) is 2.